The summed E-state index contributed by atoms with van der Waals surface area (Å²) in [6, 6.07) is 0.913. The fourth-order valence-corrected chi connectivity index (χ4v) is 2.68. The normalized spacial score (nSPS) is 36.4. The molecule has 2 aliphatic rings. The number of rotatable bonds is 2. The van der Waals surface area contributed by atoms with E-state index in [2.05, 4.69) is 30.5 Å². The van der Waals surface area contributed by atoms with E-state index in [-0.39, 0.29) is 0 Å². The number of hydrogen-bond donors (Lipinski definition) is 2. The van der Waals surface area contributed by atoms with Crippen LogP contribution < -0.4 is 11.1 Å². The van der Waals surface area contributed by atoms with E-state index < -0.39 is 0 Å². The van der Waals surface area contributed by atoms with E-state index in [1.807, 2.05) is 0 Å². The highest BCUT2D eigenvalue weighted by atomic mass is 14.9. The van der Waals surface area contributed by atoms with Gasteiger partial charge in [-0.2, -0.15) is 0 Å². The molecule has 0 saturated heterocycles. The zero-order valence-corrected chi connectivity index (χ0v) is 8.87. The van der Waals surface area contributed by atoms with Crippen LogP contribution in [0.3, 0.4) is 0 Å². The van der Waals surface area contributed by atoms with Gasteiger partial charge in [0.2, 0.25) is 0 Å². The number of allylic oxidation sites excluding steroid dienone is 2. The molecule has 2 rings (SSSR count). The van der Waals surface area contributed by atoms with Gasteiger partial charge in [0.15, 0.2) is 0 Å². The smallest absolute Gasteiger partial charge is 0.0185 e. The van der Waals surface area contributed by atoms with Crippen molar-refractivity contribution in [1.29, 1.82) is 0 Å². The van der Waals surface area contributed by atoms with Crippen LogP contribution in [0, 0.1) is 5.92 Å². The van der Waals surface area contributed by atoms with Crippen molar-refractivity contribution in [3.8, 4) is 0 Å². The van der Waals surface area contributed by atoms with E-state index in [1.165, 1.54) is 5.57 Å². The zero-order chi connectivity index (χ0) is 9.97. The summed E-state index contributed by atoms with van der Waals surface area (Å²) in [4.78, 5) is 0. The molecule has 0 aromatic carbocycles. The van der Waals surface area contributed by atoms with E-state index >= 15 is 0 Å². The summed E-state index contributed by atoms with van der Waals surface area (Å²) in [6.07, 6.45) is 10.3. The highest BCUT2D eigenvalue weighted by Gasteiger charge is 2.32. The third-order valence-corrected chi connectivity index (χ3v) is 3.33. The van der Waals surface area contributed by atoms with Crippen LogP contribution in [-0.4, -0.2) is 18.6 Å². The average Bonchev–Trinajstić information content (AvgIpc) is 2.19. The average molecular weight is 192 g/mol. The molecule has 0 saturated carbocycles. The molecule has 0 aromatic heterocycles. The molecule has 0 fully saturated rings. The molecule has 0 radical (unpaired) electrons. The number of fused-ring (bicyclic) bond motifs is 1. The second-order valence-electron chi connectivity index (χ2n) is 4.27. The van der Waals surface area contributed by atoms with Gasteiger partial charge in [-0.1, -0.05) is 25.2 Å². The summed E-state index contributed by atoms with van der Waals surface area (Å²) in [5.74, 6) is 0.550. The van der Waals surface area contributed by atoms with E-state index in [0.29, 0.717) is 18.0 Å². The summed E-state index contributed by atoms with van der Waals surface area (Å²) in [7, 11) is 0. The van der Waals surface area contributed by atoms with Crippen LogP contribution in [0.4, 0.5) is 0 Å². The minimum absolute atomic E-state index is 0.351. The molecule has 0 spiro atoms. The first kappa shape index (κ1) is 9.94. The largest absolute Gasteiger partial charge is 0.327 e. The van der Waals surface area contributed by atoms with Crippen LogP contribution in [0.25, 0.3) is 0 Å². The Morgan fingerprint density at radius 3 is 3.21 bits per heavy atom. The van der Waals surface area contributed by atoms with Gasteiger partial charge in [0.25, 0.3) is 0 Å². The summed E-state index contributed by atoms with van der Waals surface area (Å²) < 4.78 is 0. The Bertz CT molecular complexity index is 255. The lowest BCUT2D eigenvalue weighted by Gasteiger charge is -2.37. The Morgan fingerprint density at radius 1 is 1.57 bits per heavy atom. The molecule has 0 amide bonds. The first-order valence-corrected chi connectivity index (χ1v) is 5.68. The van der Waals surface area contributed by atoms with Crippen molar-refractivity contribution in [1.82, 2.24) is 5.32 Å². The molecule has 3 N–H and O–H groups in total. The predicted octanol–water partition coefficient (Wildman–Crippen LogP) is 1.59. The molecule has 3 atom stereocenters. The molecule has 14 heavy (non-hydrogen) atoms. The van der Waals surface area contributed by atoms with Crippen molar-refractivity contribution >= 4 is 0 Å². The lowest BCUT2D eigenvalue weighted by Crippen LogP contribution is -2.48. The van der Waals surface area contributed by atoms with Crippen molar-refractivity contribution in [2.45, 2.75) is 38.3 Å². The number of nitrogens with two attached hydrogens (primary N) is 1. The SMILES string of the molecule is CCNC1CC=CC2=CCCC(N)C21. The molecule has 0 aromatic rings. The van der Waals surface area contributed by atoms with Crippen LogP contribution in [0.15, 0.2) is 23.8 Å². The second-order valence-corrected chi connectivity index (χ2v) is 4.27. The first-order valence-electron chi connectivity index (χ1n) is 5.68. The maximum absolute atomic E-state index is 6.20. The molecule has 0 bridgehead atoms. The highest BCUT2D eigenvalue weighted by molar-refractivity contribution is 5.31. The van der Waals surface area contributed by atoms with Crippen LogP contribution in [-0.2, 0) is 0 Å². The van der Waals surface area contributed by atoms with Crippen molar-refractivity contribution < 1.29 is 0 Å². The van der Waals surface area contributed by atoms with Crippen LogP contribution in [0.2, 0.25) is 0 Å². The molecule has 78 valence electrons. The summed E-state index contributed by atoms with van der Waals surface area (Å²) in [5, 5.41) is 3.54. The van der Waals surface area contributed by atoms with Gasteiger partial charge in [0.05, 0.1) is 0 Å². The van der Waals surface area contributed by atoms with E-state index in [9.17, 15) is 0 Å². The van der Waals surface area contributed by atoms with Crippen LogP contribution >= 0.6 is 0 Å². The van der Waals surface area contributed by atoms with Gasteiger partial charge in [-0.3, -0.25) is 0 Å². The van der Waals surface area contributed by atoms with Crippen LogP contribution in [0.5, 0.6) is 0 Å². The fraction of sp³-hybridized carbons (Fsp3) is 0.667. The lowest BCUT2D eigenvalue weighted by molar-refractivity contribution is 0.323. The standard InChI is InChI=1S/C12H20N2/c1-2-14-11-8-4-6-9-5-3-7-10(13)12(9)11/h4-6,10-12,14H,2-3,7-8,13H2,1H3. The van der Waals surface area contributed by atoms with Crippen molar-refractivity contribution in [2.24, 2.45) is 11.7 Å². The minimum atomic E-state index is 0.351. The molecule has 0 aliphatic heterocycles. The third kappa shape index (κ3) is 1.77. The minimum Gasteiger partial charge on any atom is -0.327 e. The molecule has 3 unspecified atom stereocenters. The molecule has 2 heteroatoms. The topological polar surface area (TPSA) is 38.0 Å². The van der Waals surface area contributed by atoms with E-state index in [1.54, 1.807) is 0 Å². The summed E-state index contributed by atoms with van der Waals surface area (Å²) in [5.41, 5.74) is 7.65. The Hall–Kier alpha value is -0.600. The predicted molar refractivity (Wildman–Crippen MR) is 60.0 cm³/mol. The molecular weight excluding hydrogens is 172 g/mol. The third-order valence-electron chi connectivity index (χ3n) is 3.33. The van der Waals surface area contributed by atoms with Gasteiger partial charge in [0.1, 0.15) is 0 Å². The Morgan fingerprint density at radius 2 is 2.43 bits per heavy atom. The Balaban J connectivity index is 2.18. The van der Waals surface area contributed by atoms with Crippen molar-refractivity contribution in [3.05, 3.63) is 23.8 Å². The van der Waals surface area contributed by atoms with Gasteiger partial charge in [-0.05, 0) is 31.4 Å². The molecular formula is C12H20N2. The molecule has 0 heterocycles. The summed E-state index contributed by atoms with van der Waals surface area (Å²) >= 11 is 0. The van der Waals surface area contributed by atoms with Gasteiger partial charge in [-0.25, -0.2) is 0 Å². The van der Waals surface area contributed by atoms with Crippen LogP contribution in [0.1, 0.15) is 26.2 Å². The monoisotopic (exact) mass is 192 g/mol. The maximum Gasteiger partial charge on any atom is 0.0185 e. The first-order chi connectivity index (χ1) is 6.83. The van der Waals surface area contributed by atoms with Crippen molar-refractivity contribution in [2.75, 3.05) is 6.54 Å². The number of nitrogens with one attached hydrogen (secondary N) is 1. The van der Waals surface area contributed by atoms with E-state index in [4.69, 9.17) is 5.73 Å². The zero-order valence-electron chi connectivity index (χ0n) is 8.87. The molecule has 2 aliphatic carbocycles. The van der Waals surface area contributed by atoms with E-state index in [0.717, 1.165) is 25.8 Å². The van der Waals surface area contributed by atoms with Crippen molar-refractivity contribution in [3.63, 3.8) is 0 Å². The quantitative estimate of drug-likeness (QED) is 0.697. The highest BCUT2D eigenvalue weighted by Crippen LogP contribution is 2.32. The molecule has 2 nitrogen and oxygen atoms in total. The lowest BCUT2D eigenvalue weighted by atomic mass is 9.75. The Labute approximate surface area is 86.3 Å². The van der Waals surface area contributed by atoms with Gasteiger partial charge in [0, 0.05) is 18.0 Å². The van der Waals surface area contributed by atoms with Gasteiger partial charge >= 0.3 is 0 Å². The summed E-state index contributed by atoms with van der Waals surface area (Å²) in [6.45, 7) is 3.20. The second kappa shape index (κ2) is 4.28. The number of hydrogen-bond acceptors (Lipinski definition) is 2. The Kier molecular flexibility index (Phi) is 3.04. The fourth-order valence-electron chi connectivity index (χ4n) is 2.68. The van der Waals surface area contributed by atoms with Gasteiger partial charge in [-0.15, -0.1) is 0 Å². The van der Waals surface area contributed by atoms with Gasteiger partial charge < -0.3 is 11.1 Å². The maximum atomic E-state index is 6.20.